The lowest BCUT2D eigenvalue weighted by atomic mass is 10.0. The number of non-ortho nitro benzene ring substituents is 1. The molecule has 1 aromatic carbocycles. The fourth-order valence-corrected chi connectivity index (χ4v) is 5.18. The second-order valence-electron chi connectivity index (χ2n) is 7.68. The lowest BCUT2D eigenvalue weighted by Gasteiger charge is -2.34. The van der Waals surface area contributed by atoms with Crippen LogP contribution in [0.5, 0.6) is 0 Å². The first kappa shape index (κ1) is 25.0. The van der Waals surface area contributed by atoms with Gasteiger partial charge in [-0.05, 0) is 12.0 Å². The SMILES string of the molecule is C=CCN(CC=C)[C@@H](CNc1ccc([N+](=O)[O-])cc1S(=O)(=O)N1CCOCC1)C(C)C. The Morgan fingerprint density at radius 3 is 2.39 bits per heavy atom. The van der Waals surface area contributed by atoms with E-state index in [2.05, 4.69) is 37.2 Å². The Morgan fingerprint density at radius 2 is 1.87 bits per heavy atom. The van der Waals surface area contributed by atoms with Crippen molar-refractivity contribution in [1.82, 2.24) is 9.21 Å². The number of sulfonamides is 1. The van der Waals surface area contributed by atoms with Crippen molar-refractivity contribution in [2.75, 3.05) is 51.3 Å². The average molecular weight is 453 g/mol. The molecule has 1 saturated heterocycles. The first-order valence-electron chi connectivity index (χ1n) is 10.3. The Balaban J connectivity index is 2.37. The molecule has 0 bridgehead atoms. The molecule has 1 atom stereocenters. The van der Waals surface area contributed by atoms with Crippen LogP contribution in [0.1, 0.15) is 13.8 Å². The molecule has 0 radical (unpaired) electrons. The van der Waals surface area contributed by atoms with Crippen LogP contribution in [0.15, 0.2) is 48.4 Å². The molecule has 2 rings (SSSR count). The molecule has 0 unspecified atom stereocenters. The molecule has 0 saturated carbocycles. The highest BCUT2D eigenvalue weighted by molar-refractivity contribution is 7.89. The van der Waals surface area contributed by atoms with Crippen molar-refractivity contribution in [2.45, 2.75) is 24.8 Å². The Hall–Kier alpha value is -2.27. The molecule has 1 fully saturated rings. The number of hydrogen-bond acceptors (Lipinski definition) is 7. The quantitative estimate of drug-likeness (QED) is 0.295. The summed E-state index contributed by atoms with van der Waals surface area (Å²) in [5, 5.41) is 14.5. The van der Waals surface area contributed by atoms with Crippen LogP contribution in [0.4, 0.5) is 11.4 Å². The Morgan fingerprint density at radius 1 is 1.26 bits per heavy atom. The van der Waals surface area contributed by atoms with Crippen LogP contribution >= 0.6 is 0 Å². The molecule has 31 heavy (non-hydrogen) atoms. The van der Waals surface area contributed by atoms with E-state index in [4.69, 9.17) is 4.74 Å². The van der Waals surface area contributed by atoms with Gasteiger partial charge >= 0.3 is 0 Å². The predicted octanol–water partition coefficient (Wildman–Crippen LogP) is 2.73. The van der Waals surface area contributed by atoms with Gasteiger partial charge in [-0.1, -0.05) is 26.0 Å². The van der Waals surface area contributed by atoms with Crippen LogP contribution in [0.2, 0.25) is 0 Å². The van der Waals surface area contributed by atoms with Gasteiger partial charge in [-0.2, -0.15) is 4.31 Å². The van der Waals surface area contributed by atoms with Gasteiger partial charge in [0.25, 0.3) is 5.69 Å². The van der Waals surface area contributed by atoms with E-state index in [1.807, 2.05) is 12.2 Å². The summed E-state index contributed by atoms with van der Waals surface area (Å²) in [5.74, 6) is 0.268. The van der Waals surface area contributed by atoms with Crippen molar-refractivity contribution < 1.29 is 18.1 Å². The number of benzene rings is 1. The van der Waals surface area contributed by atoms with E-state index >= 15 is 0 Å². The van der Waals surface area contributed by atoms with E-state index in [1.165, 1.54) is 16.4 Å². The lowest BCUT2D eigenvalue weighted by molar-refractivity contribution is -0.385. The first-order chi connectivity index (χ1) is 14.7. The number of morpholine rings is 1. The fourth-order valence-electron chi connectivity index (χ4n) is 3.59. The summed E-state index contributed by atoms with van der Waals surface area (Å²) in [6, 6.07) is 3.98. The van der Waals surface area contributed by atoms with Gasteiger partial charge in [0.2, 0.25) is 10.0 Å². The van der Waals surface area contributed by atoms with Crippen LogP contribution in [0.3, 0.4) is 0 Å². The minimum atomic E-state index is -3.92. The van der Waals surface area contributed by atoms with Gasteiger partial charge in [0.05, 0.1) is 23.8 Å². The summed E-state index contributed by atoms with van der Waals surface area (Å²) in [6.07, 6.45) is 3.64. The first-order valence-corrected chi connectivity index (χ1v) is 11.7. The standard InChI is InChI=1S/C21H32N4O5S/c1-5-9-23(10-6-2)20(17(3)4)16-22-19-8-7-18(25(26)27)15-21(19)31(28,29)24-11-13-30-14-12-24/h5-8,15,17,20,22H,1-2,9-14,16H2,3-4H3/t20-/m0/s1. The van der Waals surface area contributed by atoms with E-state index in [-0.39, 0.29) is 35.6 Å². The predicted molar refractivity (Wildman–Crippen MR) is 122 cm³/mol. The molecular formula is C21H32N4O5S. The third-order valence-corrected chi connectivity index (χ3v) is 7.17. The van der Waals surface area contributed by atoms with Crippen molar-refractivity contribution >= 4 is 21.4 Å². The number of rotatable bonds is 12. The smallest absolute Gasteiger partial charge is 0.270 e. The van der Waals surface area contributed by atoms with Crippen LogP contribution in [0.25, 0.3) is 0 Å². The molecule has 0 spiro atoms. The molecule has 1 aliphatic rings. The normalized spacial score (nSPS) is 16.3. The summed E-state index contributed by atoms with van der Waals surface area (Å²) in [6.45, 7) is 14.6. The number of hydrogen-bond donors (Lipinski definition) is 1. The maximum Gasteiger partial charge on any atom is 0.270 e. The summed E-state index contributed by atoms with van der Waals surface area (Å²) in [5.41, 5.74) is 0.0811. The van der Waals surface area contributed by atoms with E-state index < -0.39 is 14.9 Å². The van der Waals surface area contributed by atoms with Crippen LogP contribution in [-0.2, 0) is 14.8 Å². The zero-order valence-electron chi connectivity index (χ0n) is 18.2. The van der Waals surface area contributed by atoms with Crippen molar-refractivity contribution in [1.29, 1.82) is 0 Å². The number of nitro groups is 1. The number of nitrogens with one attached hydrogen (secondary N) is 1. The van der Waals surface area contributed by atoms with E-state index in [1.54, 1.807) is 0 Å². The third kappa shape index (κ3) is 6.36. The topological polar surface area (TPSA) is 105 Å². The number of nitrogens with zero attached hydrogens (tertiary/aromatic N) is 3. The van der Waals surface area contributed by atoms with E-state index in [9.17, 15) is 18.5 Å². The van der Waals surface area contributed by atoms with Gasteiger partial charge in [0.1, 0.15) is 4.90 Å². The molecule has 172 valence electrons. The van der Waals surface area contributed by atoms with Crippen molar-refractivity contribution in [3.05, 3.63) is 53.6 Å². The second-order valence-corrected chi connectivity index (χ2v) is 9.58. The van der Waals surface area contributed by atoms with Crippen LogP contribution in [-0.4, -0.2) is 74.5 Å². The fraction of sp³-hybridized carbons (Fsp3) is 0.524. The van der Waals surface area contributed by atoms with Gasteiger partial charge < -0.3 is 10.1 Å². The molecule has 0 amide bonds. The number of nitro benzene ring substituents is 1. The van der Waals surface area contributed by atoms with Gasteiger partial charge in [0.15, 0.2) is 0 Å². The molecule has 0 aromatic heterocycles. The Kier molecular flexibility index (Phi) is 9.17. The average Bonchev–Trinajstić information content (AvgIpc) is 2.74. The highest BCUT2D eigenvalue weighted by Crippen LogP contribution is 2.30. The summed E-state index contributed by atoms with van der Waals surface area (Å²) >= 11 is 0. The summed E-state index contributed by atoms with van der Waals surface area (Å²) in [4.78, 5) is 12.8. The molecule has 1 heterocycles. The lowest BCUT2D eigenvalue weighted by Crippen LogP contribution is -2.44. The number of anilines is 1. The molecule has 1 N–H and O–H groups in total. The molecular weight excluding hydrogens is 420 g/mol. The molecule has 9 nitrogen and oxygen atoms in total. The van der Waals surface area contributed by atoms with Crippen LogP contribution in [0, 0.1) is 16.0 Å². The van der Waals surface area contributed by atoms with Gasteiger partial charge in [-0.15, -0.1) is 13.2 Å². The summed E-state index contributed by atoms with van der Waals surface area (Å²) < 4.78 is 33.1. The minimum absolute atomic E-state index is 0.0742. The highest BCUT2D eigenvalue weighted by atomic mass is 32.2. The molecule has 1 aliphatic heterocycles. The highest BCUT2D eigenvalue weighted by Gasteiger charge is 2.31. The minimum Gasteiger partial charge on any atom is -0.382 e. The largest absolute Gasteiger partial charge is 0.382 e. The van der Waals surface area contributed by atoms with E-state index in [0.29, 0.717) is 38.5 Å². The van der Waals surface area contributed by atoms with Crippen LogP contribution < -0.4 is 5.32 Å². The Bertz CT molecular complexity index is 872. The zero-order valence-corrected chi connectivity index (χ0v) is 19.0. The van der Waals surface area contributed by atoms with Crippen molar-refractivity contribution in [2.24, 2.45) is 5.92 Å². The van der Waals surface area contributed by atoms with Gasteiger partial charge in [-0.3, -0.25) is 15.0 Å². The monoisotopic (exact) mass is 452 g/mol. The third-order valence-electron chi connectivity index (χ3n) is 5.23. The molecule has 0 aliphatic carbocycles. The Labute approximate surface area is 184 Å². The number of ether oxygens (including phenoxy) is 1. The van der Waals surface area contributed by atoms with E-state index in [0.717, 1.165) is 6.07 Å². The van der Waals surface area contributed by atoms with Gasteiger partial charge in [-0.25, -0.2) is 8.42 Å². The van der Waals surface area contributed by atoms with Crippen molar-refractivity contribution in [3.63, 3.8) is 0 Å². The van der Waals surface area contributed by atoms with Crippen molar-refractivity contribution in [3.8, 4) is 0 Å². The molecule has 1 aromatic rings. The summed E-state index contributed by atoms with van der Waals surface area (Å²) in [7, 11) is -3.92. The second kappa shape index (κ2) is 11.4. The zero-order chi connectivity index (χ0) is 23.0. The van der Waals surface area contributed by atoms with Gasteiger partial charge in [0, 0.05) is 50.9 Å². The maximum atomic E-state index is 13.3. The maximum absolute atomic E-state index is 13.3. The molecule has 10 heteroatoms.